The van der Waals surface area contributed by atoms with Crippen LogP contribution in [-0.4, -0.2) is 63.2 Å². The van der Waals surface area contributed by atoms with Gasteiger partial charge in [0.25, 0.3) is 17.2 Å². The minimum absolute atomic E-state index is 0.128. The molecule has 2 N–H and O–H groups in total. The lowest BCUT2D eigenvalue weighted by Gasteiger charge is -2.36. The molecule has 3 atom stereocenters. The van der Waals surface area contributed by atoms with Crippen LogP contribution < -0.4 is 14.5 Å². The number of aromatic nitrogens is 1. The number of pyridine rings is 1. The van der Waals surface area contributed by atoms with Crippen LogP contribution in [-0.2, 0) is 20.9 Å². The van der Waals surface area contributed by atoms with Crippen molar-refractivity contribution < 1.29 is 18.4 Å². The van der Waals surface area contributed by atoms with Crippen LogP contribution >= 0.6 is 22.9 Å². The van der Waals surface area contributed by atoms with E-state index in [2.05, 4.69) is 10.3 Å². The highest BCUT2D eigenvalue weighted by Crippen LogP contribution is 2.36. The van der Waals surface area contributed by atoms with E-state index in [4.69, 9.17) is 11.6 Å². The van der Waals surface area contributed by atoms with E-state index in [-0.39, 0.29) is 17.9 Å². The first kappa shape index (κ1) is 25.5. The fourth-order valence-corrected chi connectivity index (χ4v) is 5.98. The van der Waals surface area contributed by atoms with Crippen LogP contribution in [0.1, 0.15) is 19.8 Å². The summed E-state index contributed by atoms with van der Waals surface area (Å²) in [6, 6.07) is 11.1. The van der Waals surface area contributed by atoms with Crippen LogP contribution in [0.4, 0.5) is 16.4 Å². The second-order valence-corrected chi connectivity index (χ2v) is 10.7. The van der Waals surface area contributed by atoms with Gasteiger partial charge in [0.15, 0.2) is 0 Å². The first-order chi connectivity index (χ1) is 16.7. The molecule has 3 unspecified atom stereocenters. The molecular weight excluding hydrogens is 510 g/mol. The van der Waals surface area contributed by atoms with Gasteiger partial charge in [-0.15, -0.1) is 0 Å². The monoisotopic (exact) mass is 535 g/mol. The number of fused-ring (bicyclic) bond motifs is 1. The third-order valence-corrected chi connectivity index (χ3v) is 8.17. The number of halogens is 1. The summed E-state index contributed by atoms with van der Waals surface area (Å²) in [5, 5.41) is 4.46. The summed E-state index contributed by atoms with van der Waals surface area (Å²) in [6.45, 7) is 2.31. The maximum absolute atomic E-state index is 13.5. The van der Waals surface area contributed by atoms with E-state index in [9.17, 15) is 18.4 Å². The van der Waals surface area contributed by atoms with Crippen molar-refractivity contribution in [3.8, 4) is 0 Å². The molecule has 4 rings (SSSR count). The van der Waals surface area contributed by atoms with Crippen molar-refractivity contribution in [1.82, 2.24) is 9.88 Å². The molecule has 0 radical (unpaired) electrons. The molecule has 1 aliphatic rings. The maximum atomic E-state index is 13.5. The van der Waals surface area contributed by atoms with Crippen molar-refractivity contribution in [2.24, 2.45) is 0 Å². The van der Waals surface area contributed by atoms with E-state index in [1.54, 1.807) is 47.4 Å². The summed E-state index contributed by atoms with van der Waals surface area (Å²) in [7, 11) is 3.66. The first-order valence-electron chi connectivity index (χ1n) is 11.0. The topological polar surface area (TPSA) is 106 Å². The molecule has 0 saturated carbocycles. The van der Waals surface area contributed by atoms with Gasteiger partial charge in [-0.1, -0.05) is 22.9 Å². The fourth-order valence-electron chi connectivity index (χ4n) is 3.87. The van der Waals surface area contributed by atoms with Gasteiger partial charge < -0.3 is 10.2 Å². The fraction of sp³-hybridized carbons (Fsp3) is 0.348. The Balaban J connectivity index is 1.55. The summed E-state index contributed by atoms with van der Waals surface area (Å²) in [6.07, 6.45) is 1.11. The summed E-state index contributed by atoms with van der Waals surface area (Å²) in [5.74, 6) is -0.392. The van der Waals surface area contributed by atoms with Crippen molar-refractivity contribution in [2.45, 2.75) is 31.8 Å². The minimum Gasteiger partial charge on any atom is -0.325 e. The van der Waals surface area contributed by atoms with Gasteiger partial charge in [-0.05, 0) is 76.3 Å². The Kier molecular flexibility index (Phi) is 7.72. The van der Waals surface area contributed by atoms with Gasteiger partial charge in [-0.2, -0.15) is 0 Å². The number of nitrogens with one attached hydrogen (secondary N) is 1. The number of nitrogens with zero attached hydrogens (tertiary/aromatic N) is 4. The van der Waals surface area contributed by atoms with Crippen molar-refractivity contribution in [3.05, 3.63) is 47.6 Å². The van der Waals surface area contributed by atoms with Gasteiger partial charge in [-0.3, -0.25) is 19.0 Å². The Morgan fingerprint density at radius 3 is 2.66 bits per heavy atom. The number of hydrogen-bond donors (Lipinski definition) is 2. The standard InChI is InChI=1S/C23H26ClN5O4S2/c1-14(27(2)3)21(30)25-16-7-9-17(10-8-16)28-12-4-5-18(23(28)31)29(35(32)33)20-13-15-6-11-19(24)26-22(15)34-20/h6-11,13-14,18H,4-5,12H2,1-3H3,(H,25,30)(H,32,33). The third-order valence-electron chi connectivity index (χ3n) is 6.02. The van der Waals surface area contributed by atoms with Crippen molar-refractivity contribution in [1.29, 1.82) is 0 Å². The number of benzene rings is 1. The number of thiophene rings is 1. The van der Waals surface area contributed by atoms with E-state index in [1.807, 2.05) is 25.9 Å². The molecule has 1 aliphatic heterocycles. The lowest BCUT2D eigenvalue weighted by atomic mass is 10.0. The Hall–Kier alpha value is -2.57. The number of rotatable bonds is 7. The molecule has 3 aromatic rings. The quantitative estimate of drug-likeness (QED) is 0.350. The molecule has 1 fully saturated rings. The molecule has 35 heavy (non-hydrogen) atoms. The van der Waals surface area contributed by atoms with Gasteiger partial charge in [0.2, 0.25) is 5.91 Å². The van der Waals surface area contributed by atoms with E-state index >= 15 is 0 Å². The minimum atomic E-state index is -2.41. The summed E-state index contributed by atoms with van der Waals surface area (Å²) in [4.78, 5) is 34.1. The predicted octanol–water partition coefficient (Wildman–Crippen LogP) is 3.98. The molecule has 2 aromatic heterocycles. The molecule has 12 heteroatoms. The third kappa shape index (κ3) is 5.49. The Labute approximate surface area is 215 Å². The van der Waals surface area contributed by atoms with Crippen molar-refractivity contribution in [3.63, 3.8) is 0 Å². The Bertz CT molecular complexity index is 1270. The average Bonchev–Trinajstić information content (AvgIpc) is 3.22. The molecule has 0 aliphatic carbocycles. The van der Waals surface area contributed by atoms with E-state index in [0.29, 0.717) is 45.7 Å². The second-order valence-electron chi connectivity index (χ2n) is 8.49. The van der Waals surface area contributed by atoms with Crippen LogP contribution in [0.25, 0.3) is 10.2 Å². The Morgan fingerprint density at radius 2 is 2.00 bits per heavy atom. The normalized spacial score (nSPS) is 18.1. The largest absolute Gasteiger partial charge is 0.325 e. The molecule has 0 spiro atoms. The SMILES string of the molecule is CC(C(=O)Nc1ccc(N2CCCC(N(c3cc4ccc(Cl)nc4s3)S(=O)O)C2=O)cc1)N(C)C. The smallest absolute Gasteiger partial charge is 0.263 e. The number of carbonyl (C=O) groups is 2. The zero-order valence-corrected chi connectivity index (χ0v) is 21.9. The molecule has 1 aromatic carbocycles. The zero-order chi connectivity index (χ0) is 25.3. The molecule has 186 valence electrons. The number of piperidine rings is 1. The van der Waals surface area contributed by atoms with Gasteiger partial charge in [0.1, 0.15) is 21.0 Å². The first-order valence-corrected chi connectivity index (χ1v) is 13.3. The molecule has 9 nitrogen and oxygen atoms in total. The number of carbonyl (C=O) groups excluding carboxylic acids is 2. The zero-order valence-electron chi connectivity index (χ0n) is 19.5. The number of amides is 2. The Morgan fingerprint density at radius 1 is 1.29 bits per heavy atom. The van der Waals surface area contributed by atoms with Gasteiger partial charge in [0, 0.05) is 23.3 Å². The van der Waals surface area contributed by atoms with Gasteiger partial charge >= 0.3 is 0 Å². The average molecular weight is 536 g/mol. The van der Waals surface area contributed by atoms with E-state index in [0.717, 1.165) is 5.39 Å². The predicted molar refractivity (Wildman–Crippen MR) is 141 cm³/mol. The maximum Gasteiger partial charge on any atom is 0.263 e. The summed E-state index contributed by atoms with van der Waals surface area (Å²) in [5.41, 5.74) is 1.29. The van der Waals surface area contributed by atoms with E-state index < -0.39 is 17.3 Å². The van der Waals surface area contributed by atoms with Crippen LogP contribution in [0.2, 0.25) is 5.15 Å². The molecule has 2 amide bonds. The number of likely N-dealkylation sites (N-methyl/N-ethyl adjacent to an activating group) is 1. The summed E-state index contributed by atoms with van der Waals surface area (Å²) < 4.78 is 23.7. The van der Waals surface area contributed by atoms with Crippen LogP contribution in [0.5, 0.6) is 0 Å². The van der Waals surface area contributed by atoms with E-state index in [1.165, 1.54) is 15.6 Å². The molecule has 1 saturated heterocycles. The lowest BCUT2D eigenvalue weighted by molar-refractivity contribution is -0.121. The highest BCUT2D eigenvalue weighted by atomic mass is 35.5. The van der Waals surface area contributed by atoms with Crippen molar-refractivity contribution in [2.75, 3.05) is 35.2 Å². The number of anilines is 3. The second kappa shape index (κ2) is 10.6. The molecule has 0 bridgehead atoms. The van der Waals surface area contributed by atoms with Crippen LogP contribution in [0.3, 0.4) is 0 Å². The van der Waals surface area contributed by atoms with Crippen LogP contribution in [0, 0.1) is 0 Å². The number of hydrogen-bond acceptors (Lipinski definition) is 6. The van der Waals surface area contributed by atoms with Crippen LogP contribution in [0.15, 0.2) is 42.5 Å². The highest BCUT2D eigenvalue weighted by molar-refractivity contribution is 7.81. The molecule has 3 heterocycles. The molecular formula is C23H26ClN5O4S2. The van der Waals surface area contributed by atoms with Crippen molar-refractivity contribution >= 4 is 72.6 Å². The lowest BCUT2D eigenvalue weighted by Crippen LogP contribution is -2.53. The highest BCUT2D eigenvalue weighted by Gasteiger charge is 2.37. The van der Waals surface area contributed by atoms with Gasteiger partial charge in [0.05, 0.1) is 6.04 Å². The summed E-state index contributed by atoms with van der Waals surface area (Å²) >= 11 is 4.79. The van der Waals surface area contributed by atoms with Gasteiger partial charge in [-0.25, -0.2) is 13.5 Å².